The second kappa shape index (κ2) is 9.60. The van der Waals surface area contributed by atoms with Gasteiger partial charge in [0.25, 0.3) is 11.8 Å². The Morgan fingerprint density at radius 3 is 2.22 bits per heavy atom. The molecule has 2 amide bonds. The Kier molecular flexibility index (Phi) is 6.63. The number of benzene rings is 2. The van der Waals surface area contributed by atoms with E-state index >= 15 is 0 Å². The van der Waals surface area contributed by atoms with Gasteiger partial charge in [-0.15, -0.1) is 0 Å². The van der Waals surface area contributed by atoms with E-state index in [-0.39, 0.29) is 18.4 Å². The lowest BCUT2D eigenvalue weighted by Crippen LogP contribution is -2.38. The van der Waals surface area contributed by atoms with Crippen LogP contribution in [-0.4, -0.2) is 41.3 Å². The van der Waals surface area contributed by atoms with Crippen molar-refractivity contribution in [1.82, 2.24) is 9.80 Å². The van der Waals surface area contributed by atoms with E-state index < -0.39 is 0 Å². The van der Waals surface area contributed by atoms with Crippen molar-refractivity contribution < 1.29 is 14.3 Å². The van der Waals surface area contributed by atoms with E-state index in [0.717, 1.165) is 42.8 Å². The molecular formula is C27H32N2O3. The largest absolute Gasteiger partial charge is 0.493 e. The number of amides is 2. The first-order chi connectivity index (χ1) is 15.4. The molecule has 4 rings (SSSR count). The Balaban J connectivity index is 1.66. The van der Waals surface area contributed by atoms with Crippen LogP contribution >= 0.6 is 0 Å². The molecule has 5 heteroatoms. The highest BCUT2D eigenvalue weighted by Crippen LogP contribution is 2.35. The number of imide groups is 1. The number of hydrogen-bond donors (Lipinski definition) is 0. The number of carbonyl (C=O) groups is 2. The molecule has 0 saturated carbocycles. The van der Waals surface area contributed by atoms with E-state index in [1.54, 1.807) is 0 Å². The van der Waals surface area contributed by atoms with E-state index in [4.69, 9.17) is 4.74 Å². The highest BCUT2D eigenvalue weighted by atomic mass is 16.5. The molecule has 0 radical (unpaired) electrons. The van der Waals surface area contributed by atoms with Gasteiger partial charge in [0.15, 0.2) is 0 Å². The van der Waals surface area contributed by atoms with Gasteiger partial charge in [-0.3, -0.25) is 14.5 Å². The summed E-state index contributed by atoms with van der Waals surface area (Å²) in [5.41, 5.74) is 2.77. The molecule has 0 spiro atoms. The number of nitrogens with zero attached hydrogens (tertiary/aromatic N) is 2. The Morgan fingerprint density at radius 1 is 0.938 bits per heavy atom. The molecule has 0 bridgehead atoms. The zero-order valence-corrected chi connectivity index (χ0v) is 19.2. The lowest BCUT2D eigenvalue weighted by Gasteiger charge is -2.32. The molecular weight excluding hydrogens is 400 g/mol. The van der Waals surface area contributed by atoms with Gasteiger partial charge in [0.1, 0.15) is 11.4 Å². The molecule has 168 valence electrons. The summed E-state index contributed by atoms with van der Waals surface area (Å²) in [7, 11) is 0. The smallest absolute Gasteiger partial charge is 0.278 e. The molecule has 2 aliphatic heterocycles. The molecule has 0 aliphatic carbocycles. The van der Waals surface area contributed by atoms with Crippen molar-refractivity contribution in [1.29, 1.82) is 0 Å². The minimum Gasteiger partial charge on any atom is -0.493 e. The second-order valence-corrected chi connectivity index (χ2v) is 9.30. The van der Waals surface area contributed by atoms with Crippen LogP contribution in [0, 0.1) is 11.8 Å². The Morgan fingerprint density at radius 2 is 1.59 bits per heavy atom. The van der Waals surface area contributed by atoms with Gasteiger partial charge in [0, 0.05) is 13.1 Å². The van der Waals surface area contributed by atoms with Crippen LogP contribution in [0.4, 0.5) is 0 Å². The lowest BCUT2D eigenvalue weighted by molar-refractivity contribution is -0.138. The molecule has 2 aliphatic rings. The number of hydrogen-bond acceptors (Lipinski definition) is 4. The predicted molar refractivity (Wildman–Crippen MR) is 126 cm³/mol. The van der Waals surface area contributed by atoms with Crippen molar-refractivity contribution in [3.63, 3.8) is 0 Å². The minimum atomic E-state index is -0.219. The topological polar surface area (TPSA) is 49.9 Å². The maximum absolute atomic E-state index is 13.5. The third-order valence-electron chi connectivity index (χ3n) is 6.15. The number of piperidine rings is 1. The fourth-order valence-electron chi connectivity index (χ4n) is 4.24. The van der Waals surface area contributed by atoms with E-state index in [9.17, 15) is 9.59 Å². The van der Waals surface area contributed by atoms with Gasteiger partial charge in [0.2, 0.25) is 0 Å². The Hall–Kier alpha value is -3.08. The maximum Gasteiger partial charge on any atom is 0.278 e. The SMILES string of the molecule is CC(C)COc1ccc(C2=C(N3CCC(C)CC3)C(=O)N(Cc3ccccc3)C2=O)cc1. The van der Waals surface area contributed by atoms with Crippen molar-refractivity contribution in [3.8, 4) is 5.75 Å². The summed E-state index contributed by atoms with van der Waals surface area (Å²) in [6, 6.07) is 17.3. The highest BCUT2D eigenvalue weighted by molar-refractivity contribution is 6.35. The normalized spacial score (nSPS) is 17.6. The van der Waals surface area contributed by atoms with Crippen LogP contribution in [-0.2, 0) is 16.1 Å². The molecule has 0 atom stereocenters. The number of ether oxygens (including phenoxy) is 1. The van der Waals surface area contributed by atoms with Crippen molar-refractivity contribution in [2.75, 3.05) is 19.7 Å². The second-order valence-electron chi connectivity index (χ2n) is 9.30. The summed E-state index contributed by atoms with van der Waals surface area (Å²) in [6.45, 7) is 8.98. The number of likely N-dealkylation sites (tertiary alicyclic amines) is 1. The lowest BCUT2D eigenvalue weighted by atomic mass is 9.97. The molecule has 0 N–H and O–H groups in total. The van der Waals surface area contributed by atoms with Crippen LogP contribution < -0.4 is 4.74 Å². The van der Waals surface area contributed by atoms with E-state index in [0.29, 0.717) is 29.7 Å². The van der Waals surface area contributed by atoms with Crippen molar-refractivity contribution in [2.24, 2.45) is 11.8 Å². The average Bonchev–Trinajstić information content (AvgIpc) is 3.04. The van der Waals surface area contributed by atoms with Crippen LogP contribution in [0.1, 0.15) is 44.7 Å². The molecule has 0 aromatic heterocycles. The van der Waals surface area contributed by atoms with Gasteiger partial charge in [-0.25, -0.2) is 0 Å². The Bertz CT molecular complexity index is 987. The van der Waals surface area contributed by atoms with Gasteiger partial charge in [-0.05, 0) is 47.9 Å². The first-order valence-electron chi connectivity index (χ1n) is 11.6. The molecule has 1 saturated heterocycles. The van der Waals surface area contributed by atoms with E-state index in [1.807, 2.05) is 54.6 Å². The van der Waals surface area contributed by atoms with Crippen LogP contribution in [0.25, 0.3) is 5.57 Å². The van der Waals surface area contributed by atoms with E-state index in [1.165, 1.54) is 4.90 Å². The molecule has 5 nitrogen and oxygen atoms in total. The monoisotopic (exact) mass is 432 g/mol. The van der Waals surface area contributed by atoms with Crippen molar-refractivity contribution in [3.05, 3.63) is 71.4 Å². The fourth-order valence-corrected chi connectivity index (χ4v) is 4.24. The predicted octanol–water partition coefficient (Wildman–Crippen LogP) is 4.73. The number of carbonyl (C=O) groups excluding carboxylic acids is 2. The zero-order valence-electron chi connectivity index (χ0n) is 19.2. The van der Waals surface area contributed by atoms with Crippen LogP contribution in [0.5, 0.6) is 5.75 Å². The first kappa shape index (κ1) is 22.1. The molecule has 2 aromatic rings. The summed E-state index contributed by atoms with van der Waals surface area (Å²) in [5.74, 6) is 1.44. The van der Waals surface area contributed by atoms with Crippen LogP contribution in [0.15, 0.2) is 60.3 Å². The molecule has 2 aromatic carbocycles. The third kappa shape index (κ3) is 4.72. The quantitative estimate of drug-likeness (QED) is 0.594. The number of rotatable bonds is 7. The molecule has 0 unspecified atom stereocenters. The van der Waals surface area contributed by atoms with Gasteiger partial charge in [-0.2, -0.15) is 0 Å². The fraction of sp³-hybridized carbons (Fsp3) is 0.407. The summed E-state index contributed by atoms with van der Waals surface area (Å²) in [6.07, 6.45) is 2.05. The van der Waals surface area contributed by atoms with Gasteiger partial charge in [0.05, 0.1) is 18.7 Å². The minimum absolute atomic E-state index is 0.191. The Labute approximate surface area is 190 Å². The standard InChI is InChI=1S/C27H32N2O3/c1-19(2)18-32-23-11-9-22(10-12-23)24-25(28-15-13-20(3)14-16-28)27(31)29(26(24)30)17-21-7-5-4-6-8-21/h4-12,19-20H,13-18H2,1-3H3. The van der Waals surface area contributed by atoms with Crippen LogP contribution in [0.3, 0.4) is 0 Å². The van der Waals surface area contributed by atoms with Crippen molar-refractivity contribution >= 4 is 17.4 Å². The zero-order chi connectivity index (χ0) is 22.7. The molecule has 2 heterocycles. The summed E-state index contributed by atoms with van der Waals surface area (Å²) >= 11 is 0. The van der Waals surface area contributed by atoms with Gasteiger partial charge >= 0.3 is 0 Å². The molecule has 32 heavy (non-hydrogen) atoms. The maximum atomic E-state index is 13.5. The van der Waals surface area contributed by atoms with Crippen molar-refractivity contribution in [2.45, 2.75) is 40.2 Å². The van der Waals surface area contributed by atoms with Gasteiger partial charge in [-0.1, -0.05) is 63.2 Å². The summed E-state index contributed by atoms with van der Waals surface area (Å²) < 4.78 is 5.80. The average molecular weight is 433 g/mol. The summed E-state index contributed by atoms with van der Waals surface area (Å²) in [5, 5.41) is 0. The first-order valence-corrected chi connectivity index (χ1v) is 11.6. The van der Waals surface area contributed by atoms with E-state index in [2.05, 4.69) is 25.7 Å². The molecule has 1 fully saturated rings. The summed E-state index contributed by atoms with van der Waals surface area (Å²) in [4.78, 5) is 30.5. The highest BCUT2D eigenvalue weighted by Gasteiger charge is 2.42. The van der Waals surface area contributed by atoms with Crippen LogP contribution in [0.2, 0.25) is 0 Å². The van der Waals surface area contributed by atoms with Gasteiger partial charge < -0.3 is 9.64 Å². The third-order valence-corrected chi connectivity index (χ3v) is 6.15.